The van der Waals surface area contributed by atoms with Crippen LogP contribution >= 0.6 is 0 Å². The maximum Gasteiger partial charge on any atom is 0.407 e. The molecule has 0 aromatic heterocycles. The molecular weight excluding hydrogens is 306 g/mol. The SMILES string of the molecule is C#CCN1CCC(C(=O)NC(C)(C)CNC(=O)OC(C)(C)C)CC1. The van der Waals surface area contributed by atoms with E-state index in [-0.39, 0.29) is 11.8 Å². The minimum absolute atomic E-state index is 0.000161. The van der Waals surface area contributed by atoms with Crippen LogP contribution in [0.3, 0.4) is 0 Å². The van der Waals surface area contributed by atoms with Gasteiger partial charge in [0.05, 0.1) is 12.1 Å². The average Bonchev–Trinajstić information content (AvgIpc) is 2.44. The van der Waals surface area contributed by atoms with Crippen molar-refractivity contribution in [3.05, 3.63) is 0 Å². The molecule has 0 aliphatic carbocycles. The van der Waals surface area contributed by atoms with Crippen molar-refractivity contribution >= 4 is 12.0 Å². The molecule has 0 atom stereocenters. The van der Waals surface area contributed by atoms with Gasteiger partial charge < -0.3 is 15.4 Å². The van der Waals surface area contributed by atoms with Crippen LogP contribution in [0.25, 0.3) is 0 Å². The number of hydrogen-bond acceptors (Lipinski definition) is 4. The van der Waals surface area contributed by atoms with Crippen LogP contribution in [-0.4, -0.2) is 54.2 Å². The van der Waals surface area contributed by atoms with Gasteiger partial charge in [-0.2, -0.15) is 0 Å². The van der Waals surface area contributed by atoms with E-state index in [1.807, 2.05) is 34.6 Å². The lowest BCUT2D eigenvalue weighted by atomic mass is 9.94. The van der Waals surface area contributed by atoms with Gasteiger partial charge in [0.2, 0.25) is 5.91 Å². The molecule has 6 nitrogen and oxygen atoms in total. The van der Waals surface area contributed by atoms with Gasteiger partial charge in [-0.25, -0.2) is 4.79 Å². The molecule has 0 bridgehead atoms. The summed E-state index contributed by atoms with van der Waals surface area (Å²) in [4.78, 5) is 26.3. The van der Waals surface area contributed by atoms with Crippen LogP contribution in [0.15, 0.2) is 0 Å². The van der Waals surface area contributed by atoms with Crippen molar-refractivity contribution in [3.8, 4) is 12.3 Å². The fourth-order valence-corrected chi connectivity index (χ4v) is 2.57. The van der Waals surface area contributed by atoms with Crippen molar-refractivity contribution in [2.24, 2.45) is 5.92 Å². The first kappa shape index (κ1) is 20.3. The summed E-state index contributed by atoms with van der Waals surface area (Å²) < 4.78 is 5.20. The van der Waals surface area contributed by atoms with Gasteiger partial charge in [0.1, 0.15) is 5.60 Å². The lowest BCUT2D eigenvalue weighted by molar-refractivity contribution is -0.128. The van der Waals surface area contributed by atoms with Crippen LogP contribution in [-0.2, 0) is 9.53 Å². The largest absolute Gasteiger partial charge is 0.444 e. The van der Waals surface area contributed by atoms with Crippen molar-refractivity contribution in [3.63, 3.8) is 0 Å². The third-order valence-corrected chi connectivity index (χ3v) is 3.81. The van der Waals surface area contributed by atoms with Gasteiger partial charge in [-0.3, -0.25) is 9.69 Å². The summed E-state index contributed by atoms with van der Waals surface area (Å²) in [5.74, 6) is 2.67. The molecule has 1 heterocycles. The smallest absolute Gasteiger partial charge is 0.407 e. The van der Waals surface area contributed by atoms with Crippen molar-refractivity contribution < 1.29 is 14.3 Å². The second-order valence-electron chi connectivity index (χ2n) is 7.98. The second kappa shape index (κ2) is 8.39. The summed E-state index contributed by atoms with van der Waals surface area (Å²) in [5, 5.41) is 5.73. The fraction of sp³-hybridized carbons (Fsp3) is 0.778. The van der Waals surface area contributed by atoms with Gasteiger partial charge in [-0.05, 0) is 60.5 Å². The summed E-state index contributed by atoms with van der Waals surface area (Å²) in [7, 11) is 0. The Morgan fingerprint density at radius 3 is 2.29 bits per heavy atom. The third kappa shape index (κ3) is 7.69. The Balaban J connectivity index is 2.39. The Bertz CT molecular complexity index is 481. The number of carbonyl (C=O) groups is 2. The highest BCUT2D eigenvalue weighted by molar-refractivity contribution is 5.79. The number of likely N-dealkylation sites (tertiary alicyclic amines) is 1. The molecule has 2 N–H and O–H groups in total. The molecule has 6 heteroatoms. The zero-order valence-electron chi connectivity index (χ0n) is 15.6. The maximum absolute atomic E-state index is 12.4. The molecule has 0 saturated carbocycles. The number of carbonyl (C=O) groups excluding carboxylic acids is 2. The first-order valence-corrected chi connectivity index (χ1v) is 8.47. The van der Waals surface area contributed by atoms with Gasteiger partial charge in [-0.1, -0.05) is 5.92 Å². The molecule has 1 fully saturated rings. The van der Waals surface area contributed by atoms with Crippen molar-refractivity contribution in [1.82, 2.24) is 15.5 Å². The molecule has 1 rings (SSSR count). The molecule has 1 saturated heterocycles. The summed E-state index contributed by atoms with van der Waals surface area (Å²) in [6.45, 7) is 11.8. The summed E-state index contributed by atoms with van der Waals surface area (Å²) in [6.07, 6.45) is 6.46. The molecule has 0 aromatic carbocycles. The number of alkyl carbamates (subject to hydrolysis) is 1. The molecule has 0 radical (unpaired) electrons. The number of nitrogens with one attached hydrogen (secondary N) is 2. The first-order chi connectivity index (χ1) is 11.0. The Morgan fingerprint density at radius 2 is 1.79 bits per heavy atom. The number of amides is 2. The highest BCUT2D eigenvalue weighted by atomic mass is 16.6. The predicted octanol–water partition coefficient (Wildman–Crippen LogP) is 1.75. The second-order valence-corrected chi connectivity index (χ2v) is 7.98. The van der Waals surface area contributed by atoms with Crippen molar-refractivity contribution in [1.29, 1.82) is 0 Å². The van der Waals surface area contributed by atoms with Crippen LogP contribution in [0, 0.1) is 18.3 Å². The van der Waals surface area contributed by atoms with Gasteiger partial charge in [0, 0.05) is 12.5 Å². The van der Waals surface area contributed by atoms with Gasteiger partial charge >= 0.3 is 6.09 Å². The Hall–Kier alpha value is -1.74. The Morgan fingerprint density at radius 1 is 1.21 bits per heavy atom. The van der Waals surface area contributed by atoms with Crippen LogP contribution in [0.2, 0.25) is 0 Å². The Kier molecular flexibility index (Phi) is 7.09. The Labute approximate surface area is 145 Å². The monoisotopic (exact) mass is 337 g/mol. The van der Waals surface area contributed by atoms with E-state index in [4.69, 9.17) is 11.2 Å². The maximum atomic E-state index is 12.4. The van der Waals surface area contributed by atoms with E-state index < -0.39 is 17.2 Å². The molecule has 1 aliphatic heterocycles. The van der Waals surface area contributed by atoms with E-state index in [1.54, 1.807) is 0 Å². The number of hydrogen-bond donors (Lipinski definition) is 2. The number of ether oxygens (including phenoxy) is 1. The average molecular weight is 337 g/mol. The standard InChI is InChI=1S/C18H31N3O3/c1-7-10-21-11-8-14(9-12-21)15(22)20-18(5,6)13-19-16(23)24-17(2,3)4/h1,14H,8-13H2,2-6H3,(H,19,23)(H,20,22). The van der Waals surface area contributed by atoms with E-state index in [0.717, 1.165) is 25.9 Å². The number of piperidine rings is 1. The molecule has 0 unspecified atom stereocenters. The lowest BCUT2D eigenvalue weighted by Gasteiger charge is -2.33. The lowest BCUT2D eigenvalue weighted by Crippen LogP contribution is -2.54. The fourth-order valence-electron chi connectivity index (χ4n) is 2.57. The summed E-state index contributed by atoms with van der Waals surface area (Å²) in [5.41, 5.74) is -1.08. The molecule has 136 valence electrons. The highest BCUT2D eigenvalue weighted by Crippen LogP contribution is 2.18. The minimum Gasteiger partial charge on any atom is -0.444 e. The van der Waals surface area contributed by atoms with E-state index >= 15 is 0 Å². The quantitative estimate of drug-likeness (QED) is 0.750. The van der Waals surface area contributed by atoms with Gasteiger partial charge in [0.25, 0.3) is 0 Å². The number of rotatable bonds is 5. The summed E-state index contributed by atoms with van der Waals surface area (Å²) in [6, 6.07) is 0. The van der Waals surface area contributed by atoms with Gasteiger partial charge in [0.15, 0.2) is 0 Å². The molecule has 2 amide bonds. The minimum atomic E-state index is -0.538. The van der Waals surface area contributed by atoms with Gasteiger partial charge in [-0.15, -0.1) is 6.42 Å². The molecule has 0 spiro atoms. The molecule has 0 aromatic rings. The number of terminal acetylenes is 1. The molecule has 1 aliphatic rings. The van der Waals surface area contributed by atoms with E-state index in [0.29, 0.717) is 13.1 Å². The van der Waals surface area contributed by atoms with Crippen LogP contribution < -0.4 is 10.6 Å². The molecule has 24 heavy (non-hydrogen) atoms. The van der Waals surface area contributed by atoms with Crippen LogP contribution in [0.4, 0.5) is 4.79 Å². The van der Waals surface area contributed by atoms with Crippen molar-refractivity contribution in [2.45, 2.75) is 58.6 Å². The molecular formula is C18H31N3O3. The first-order valence-electron chi connectivity index (χ1n) is 8.47. The van der Waals surface area contributed by atoms with E-state index in [2.05, 4.69) is 21.5 Å². The van der Waals surface area contributed by atoms with Crippen LogP contribution in [0.1, 0.15) is 47.5 Å². The van der Waals surface area contributed by atoms with E-state index in [1.165, 1.54) is 0 Å². The van der Waals surface area contributed by atoms with Crippen molar-refractivity contribution in [2.75, 3.05) is 26.2 Å². The number of nitrogens with zero attached hydrogens (tertiary/aromatic N) is 1. The van der Waals surface area contributed by atoms with E-state index in [9.17, 15) is 9.59 Å². The normalized spacial score (nSPS) is 17.0. The predicted molar refractivity (Wildman–Crippen MR) is 94.5 cm³/mol. The third-order valence-electron chi connectivity index (χ3n) is 3.81. The highest BCUT2D eigenvalue weighted by Gasteiger charge is 2.29. The van der Waals surface area contributed by atoms with Crippen LogP contribution in [0.5, 0.6) is 0 Å². The summed E-state index contributed by atoms with van der Waals surface area (Å²) >= 11 is 0. The zero-order chi connectivity index (χ0) is 18.4. The topological polar surface area (TPSA) is 70.7 Å². The zero-order valence-corrected chi connectivity index (χ0v) is 15.6.